The summed E-state index contributed by atoms with van der Waals surface area (Å²) < 4.78 is 4.50. The molecule has 3 heterocycles. The second kappa shape index (κ2) is 6.39. The van der Waals surface area contributed by atoms with E-state index in [1.807, 2.05) is 0 Å². The summed E-state index contributed by atoms with van der Waals surface area (Å²) in [7, 11) is 0. The van der Waals surface area contributed by atoms with Crippen molar-refractivity contribution in [3.05, 3.63) is 83.9 Å². The lowest BCUT2D eigenvalue weighted by Gasteiger charge is -2.05. The average Bonchev–Trinajstić information content (AvgIpc) is 3.33. The molecule has 0 aliphatic heterocycles. The molecule has 0 spiro atoms. The van der Waals surface area contributed by atoms with E-state index in [-0.39, 0.29) is 12.4 Å². The number of aromatic nitrogens is 3. The normalized spacial score (nSPS) is 11.0. The van der Waals surface area contributed by atoms with Crippen LogP contribution in [0.25, 0.3) is 27.4 Å². The third-order valence-electron chi connectivity index (χ3n) is 4.32. The SMILES string of the molecule is Cl.c1ccc(Cn2c3ccccc3n3cc(-c4cccs4)nc23)cc1. The van der Waals surface area contributed by atoms with Crippen molar-refractivity contribution >= 4 is 40.6 Å². The van der Waals surface area contributed by atoms with Gasteiger partial charge >= 0.3 is 0 Å². The zero-order chi connectivity index (χ0) is 15.9. The number of rotatable bonds is 3. The number of halogens is 1. The highest BCUT2D eigenvalue weighted by Crippen LogP contribution is 2.28. The van der Waals surface area contributed by atoms with E-state index in [2.05, 4.69) is 87.3 Å². The molecule has 2 aromatic carbocycles. The minimum absolute atomic E-state index is 0. The van der Waals surface area contributed by atoms with Crippen molar-refractivity contribution < 1.29 is 0 Å². The third-order valence-corrected chi connectivity index (χ3v) is 5.21. The van der Waals surface area contributed by atoms with Crippen molar-refractivity contribution in [3.8, 4) is 10.6 Å². The number of hydrogen-bond donors (Lipinski definition) is 0. The van der Waals surface area contributed by atoms with Gasteiger partial charge in [-0.25, -0.2) is 4.98 Å². The van der Waals surface area contributed by atoms with Gasteiger partial charge in [-0.15, -0.1) is 23.7 Å². The highest BCUT2D eigenvalue weighted by Gasteiger charge is 2.15. The minimum atomic E-state index is 0. The summed E-state index contributed by atoms with van der Waals surface area (Å²) in [5.41, 5.74) is 4.72. The number of benzene rings is 2. The monoisotopic (exact) mass is 365 g/mol. The lowest BCUT2D eigenvalue weighted by atomic mass is 10.2. The molecule has 0 amide bonds. The molecule has 0 unspecified atom stereocenters. The quantitative estimate of drug-likeness (QED) is 0.414. The molecule has 25 heavy (non-hydrogen) atoms. The first-order valence-electron chi connectivity index (χ1n) is 7.94. The third kappa shape index (κ3) is 2.64. The number of thiophene rings is 1. The highest BCUT2D eigenvalue weighted by molar-refractivity contribution is 7.13. The molecular formula is C20H16ClN3S. The van der Waals surface area contributed by atoms with E-state index in [1.54, 1.807) is 11.3 Å². The predicted molar refractivity (Wildman–Crippen MR) is 107 cm³/mol. The van der Waals surface area contributed by atoms with Gasteiger partial charge in [-0.1, -0.05) is 48.5 Å². The largest absolute Gasteiger partial charge is 0.305 e. The molecule has 0 atom stereocenters. The van der Waals surface area contributed by atoms with Crippen LogP contribution in [0, 0.1) is 0 Å². The average molecular weight is 366 g/mol. The maximum absolute atomic E-state index is 4.92. The van der Waals surface area contributed by atoms with E-state index < -0.39 is 0 Å². The van der Waals surface area contributed by atoms with Crippen LogP contribution in [0.2, 0.25) is 0 Å². The van der Waals surface area contributed by atoms with Crippen LogP contribution in [0.1, 0.15) is 5.56 Å². The summed E-state index contributed by atoms with van der Waals surface area (Å²) in [5.74, 6) is 0.989. The predicted octanol–water partition coefficient (Wildman–Crippen LogP) is 5.49. The summed E-state index contributed by atoms with van der Waals surface area (Å²) >= 11 is 1.72. The van der Waals surface area contributed by atoms with Crippen LogP contribution in [-0.2, 0) is 6.54 Å². The molecule has 0 saturated carbocycles. The molecule has 5 rings (SSSR count). The second-order valence-electron chi connectivity index (χ2n) is 5.83. The number of para-hydroxylation sites is 2. The Kier molecular flexibility index (Phi) is 4.07. The minimum Gasteiger partial charge on any atom is -0.305 e. The van der Waals surface area contributed by atoms with Gasteiger partial charge in [0.15, 0.2) is 0 Å². The fourth-order valence-electron chi connectivity index (χ4n) is 3.21. The first-order chi connectivity index (χ1) is 11.9. The number of hydrogen-bond acceptors (Lipinski definition) is 2. The zero-order valence-electron chi connectivity index (χ0n) is 13.4. The molecular weight excluding hydrogens is 350 g/mol. The Bertz CT molecular complexity index is 1120. The van der Waals surface area contributed by atoms with E-state index in [0.29, 0.717) is 0 Å². The topological polar surface area (TPSA) is 22.2 Å². The molecule has 0 aliphatic carbocycles. The summed E-state index contributed by atoms with van der Waals surface area (Å²) in [4.78, 5) is 6.13. The lowest BCUT2D eigenvalue weighted by molar-refractivity contribution is 0.846. The van der Waals surface area contributed by atoms with Gasteiger partial charge in [-0.05, 0) is 29.1 Å². The van der Waals surface area contributed by atoms with E-state index in [9.17, 15) is 0 Å². The Morgan fingerprint density at radius 2 is 1.60 bits per heavy atom. The van der Waals surface area contributed by atoms with Crippen LogP contribution in [0.3, 0.4) is 0 Å². The molecule has 5 aromatic rings. The van der Waals surface area contributed by atoms with Gasteiger partial charge in [0, 0.05) is 6.20 Å². The maximum Gasteiger partial charge on any atom is 0.215 e. The Hall–Kier alpha value is -2.56. The molecule has 3 nitrogen and oxygen atoms in total. The Morgan fingerprint density at radius 1 is 0.840 bits per heavy atom. The van der Waals surface area contributed by atoms with Crippen molar-refractivity contribution in [2.75, 3.05) is 0 Å². The Balaban J connectivity index is 0.00000157. The molecule has 0 fully saturated rings. The lowest BCUT2D eigenvalue weighted by Crippen LogP contribution is -2.00. The summed E-state index contributed by atoms with van der Waals surface area (Å²) in [6, 6.07) is 23.2. The van der Waals surface area contributed by atoms with E-state index in [0.717, 1.165) is 18.0 Å². The summed E-state index contributed by atoms with van der Waals surface area (Å²) in [5, 5.41) is 2.09. The second-order valence-corrected chi connectivity index (χ2v) is 6.78. The summed E-state index contributed by atoms with van der Waals surface area (Å²) in [6.07, 6.45) is 2.14. The van der Waals surface area contributed by atoms with Crippen molar-refractivity contribution in [2.45, 2.75) is 6.54 Å². The van der Waals surface area contributed by atoms with Crippen LogP contribution in [0.15, 0.2) is 78.3 Å². The van der Waals surface area contributed by atoms with Crippen LogP contribution in [0.5, 0.6) is 0 Å². The zero-order valence-corrected chi connectivity index (χ0v) is 15.0. The number of nitrogens with zero attached hydrogens (tertiary/aromatic N) is 3. The van der Waals surface area contributed by atoms with Crippen LogP contribution in [-0.4, -0.2) is 14.0 Å². The molecule has 3 aromatic heterocycles. The van der Waals surface area contributed by atoms with Crippen LogP contribution >= 0.6 is 23.7 Å². The molecule has 0 bridgehead atoms. The van der Waals surface area contributed by atoms with Crippen molar-refractivity contribution in [3.63, 3.8) is 0 Å². The smallest absolute Gasteiger partial charge is 0.215 e. The molecule has 0 aliphatic rings. The molecule has 5 heteroatoms. The van der Waals surface area contributed by atoms with E-state index >= 15 is 0 Å². The fourth-order valence-corrected chi connectivity index (χ4v) is 3.89. The fraction of sp³-hybridized carbons (Fsp3) is 0.0500. The first-order valence-corrected chi connectivity index (χ1v) is 8.82. The number of fused-ring (bicyclic) bond motifs is 3. The Morgan fingerprint density at radius 3 is 2.36 bits per heavy atom. The van der Waals surface area contributed by atoms with Crippen molar-refractivity contribution in [1.82, 2.24) is 14.0 Å². The Labute approximate surface area is 155 Å². The van der Waals surface area contributed by atoms with Crippen molar-refractivity contribution in [1.29, 1.82) is 0 Å². The van der Waals surface area contributed by atoms with Gasteiger partial charge in [-0.3, -0.25) is 4.40 Å². The highest BCUT2D eigenvalue weighted by atomic mass is 35.5. The van der Waals surface area contributed by atoms with Gasteiger partial charge in [0.1, 0.15) is 5.69 Å². The first kappa shape index (κ1) is 15.9. The molecule has 124 valence electrons. The van der Waals surface area contributed by atoms with Gasteiger partial charge in [-0.2, -0.15) is 0 Å². The van der Waals surface area contributed by atoms with Crippen molar-refractivity contribution in [2.24, 2.45) is 0 Å². The molecule has 0 N–H and O–H groups in total. The van der Waals surface area contributed by atoms with Crippen LogP contribution < -0.4 is 0 Å². The van der Waals surface area contributed by atoms with Gasteiger partial charge < -0.3 is 4.57 Å². The number of imidazole rings is 2. The molecule has 0 saturated heterocycles. The van der Waals surface area contributed by atoms with Crippen LogP contribution in [0.4, 0.5) is 0 Å². The van der Waals surface area contributed by atoms with E-state index in [4.69, 9.17) is 4.98 Å². The van der Waals surface area contributed by atoms with Gasteiger partial charge in [0.2, 0.25) is 5.78 Å². The summed E-state index contributed by atoms with van der Waals surface area (Å²) in [6.45, 7) is 0.818. The van der Waals surface area contributed by atoms with Gasteiger partial charge in [0.05, 0.1) is 22.5 Å². The molecule has 0 radical (unpaired) electrons. The van der Waals surface area contributed by atoms with E-state index in [1.165, 1.54) is 21.5 Å². The maximum atomic E-state index is 4.92. The standard InChI is InChI=1S/C20H15N3S.ClH/c1-2-7-15(8-3-1)13-22-17-9-4-5-10-18(17)23-14-16(21-20(22)23)19-11-6-12-24-19;/h1-12,14H,13H2;1H. The van der Waals surface area contributed by atoms with Gasteiger partial charge in [0.25, 0.3) is 0 Å².